The fourth-order valence-electron chi connectivity index (χ4n) is 3.22. The first-order valence-corrected chi connectivity index (χ1v) is 5.05. The molecule has 0 unspecified atom stereocenters. The van der Waals surface area contributed by atoms with Crippen LogP contribution in [-0.2, 0) is 0 Å². The highest BCUT2D eigenvalue weighted by Gasteiger charge is 2.42. The number of rotatable bonds is 0. The fourth-order valence-corrected chi connectivity index (χ4v) is 3.22. The molecule has 1 saturated carbocycles. The lowest BCUT2D eigenvalue weighted by atomic mass is 9.75. The molecule has 1 heteroatoms. The van der Waals surface area contributed by atoms with Gasteiger partial charge in [0.1, 0.15) is 0 Å². The van der Waals surface area contributed by atoms with Crippen molar-refractivity contribution in [3.8, 4) is 0 Å². The molecule has 12 heavy (non-hydrogen) atoms. The third-order valence-corrected chi connectivity index (χ3v) is 4.10. The molecule has 0 aromatic heterocycles. The number of hydrogen-bond donors (Lipinski definition) is 1. The lowest BCUT2D eigenvalue weighted by Gasteiger charge is -2.33. The van der Waals surface area contributed by atoms with Crippen LogP contribution in [0.25, 0.3) is 0 Å². The highest BCUT2D eigenvalue weighted by atomic mass is 14.7. The molecule has 1 fully saturated rings. The second-order valence-electron chi connectivity index (χ2n) is 4.63. The standard InChI is InChI=1S/C11H19N/c1-6-4-5-9-7(2)8(3)10(6)11(9)12/h6,9-11H,4-5,12H2,1-3H3/t6-,9-,10+,11-/m0/s1. The number of nitrogens with two attached hydrogens (primary N) is 1. The maximum absolute atomic E-state index is 6.21. The average Bonchev–Trinajstić information content (AvgIpc) is 2.14. The minimum Gasteiger partial charge on any atom is -0.327 e. The van der Waals surface area contributed by atoms with Crippen molar-refractivity contribution in [2.24, 2.45) is 23.5 Å². The van der Waals surface area contributed by atoms with E-state index in [2.05, 4.69) is 20.8 Å². The molecule has 0 aliphatic heterocycles. The van der Waals surface area contributed by atoms with Crippen molar-refractivity contribution in [2.45, 2.75) is 39.7 Å². The molecule has 0 spiro atoms. The van der Waals surface area contributed by atoms with Crippen molar-refractivity contribution >= 4 is 0 Å². The molecule has 1 nitrogen and oxygen atoms in total. The molecule has 0 radical (unpaired) electrons. The summed E-state index contributed by atoms with van der Waals surface area (Å²) in [7, 11) is 0. The summed E-state index contributed by atoms with van der Waals surface area (Å²) < 4.78 is 0. The zero-order valence-electron chi connectivity index (χ0n) is 8.30. The van der Waals surface area contributed by atoms with Crippen LogP contribution >= 0.6 is 0 Å². The molecule has 2 aliphatic rings. The molecular formula is C11H19N. The van der Waals surface area contributed by atoms with Gasteiger partial charge in [-0.25, -0.2) is 0 Å². The summed E-state index contributed by atoms with van der Waals surface area (Å²) in [4.78, 5) is 0. The smallest absolute Gasteiger partial charge is 0.0173 e. The van der Waals surface area contributed by atoms with Gasteiger partial charge >= 0.3 is 0 Å². The third-order valence-electron chi connectivity index (χ3n) is 4.10. The quantitative estimate of drug-likeness (QED) is 0.548. The van der Waals surface area contributed by atoms with Crippen molar-refractivity contribution in [3.63, 3.8) is 0 Å². The Morgan fingerprint density at radius 1 is 1.17 bits per heavy atom. The molecule has 2 bridgehead atoms. The first-order valence-electron chi connectivity index (χ1n) is 5.05. The van der Waals surface area contributed by atoms with Gasteiger partial charge in [-0.3, -0.25) is 0 Å². The van der Waals surface area contributed by atoms with E-state index in [1.165, 1.54) is 12.8 Å². The zero-order chi connectivity index (χ0) is 8.88. The van der Waals surface area contributed by atoms with Gasteiger partial charge in [0.25, 0.3) is 0 Å². The summed E-state index contributed by atoms with van der Waals surface area (Å²) in [5.74, 6) is 2.23. The molecule has 2 N–H and O–H groups in total. The lowest BCUT2D eigenvalue weighted by Crippen LogP contribution is -2.40. The molecule has 4 atom stereocenters. The third kappa shape index (κ3) is 0.891. The Hall–Kier alpha value is -0.300. The first-order chi connectivity index (χ1) is 5.63. The summed E-state index contributed by atoms with van der Waals surface area (Å²) in [5, 5.41) is 0. The van der Waals surface area contributed by atoms with Crippen LogP contribution in [0.1, 0.15) is 33.6 Å². The van der Waals surface area contributed by atoms with E-state index in [4.69, 9.17) is 5.73 Å². The Morgan fingerprint density at radius 3 is 2.42 bits per heavy atom. The first kappa shape index (κ1) is 8.31. The molecule has 0 aromatic rings. The van der Waals surface area contributed by atoms with E-state index >= 15 is 0 Å². The minimum absolute atomic E-state index is 0.439. The zero-order valence-corrected chi connectivity index (χ0v) is 8.30. The van der Waals surface area contributed by atoms with Gasteiger partial charge in [0.05, 0.1) is 0 Å². The Morgan fingerprint density at radius 2 is 1.83 bits per heavy atom. The van der Waals surface area contributed by atoms with Crippen molar-refractivity contribution in [1.29, 1.82) is 0 Å². The molecule has 0 saturated heterocycles. The van der Waals surface area contributed by atoms with Crippen LogP contribution in [0.5, 0.6) is 0 Å². The number of fused-ring (bicyclic) bond motifs is 2. The van der Waals surface area contributed by atoms with E-state index in [-0.39, 0.29) is 0 Å². The molecule has 0 aromatic carbocycles. The van der Waals surface area contributed by atoms with Crippen LogP contribution in [0.2, 0.25) is 0 Å². The van der Waals surface area contributed by atoms with E-state index in [9.17, 15) is 0 Å². The maximum atomic E-state index is 6.21. The topological polar surface area (TPSA) is 26.0 Å². The van der Waals surface area contributed by atoms with Gasteiger partial charge < -0.3 is 5.73 Å². The largest absolute Gasteiger partial charge is 0.327 e. The van der Waals surface area contributed by atoms with Crippen LogP contribution in [0.15, 0.2) is 11.1 Å². The predicted octanol–water partition coefficient (Wildman–Crippen LogP) is 2.33. The van der Waals surface area contributed by atoms with Crippen molar-refractivity contribution in [3.05, 3.63) is 11.1 Å². The Kier molecular flexibility index (Phi) is 1.80. The van der Waals surface area contributed by atoms with Crippen LogP contribution in [0.3, 0.4) is 0 Å². The van der Waals surface area contributed by atoms with Crippen molar-refractivity contribution in [1.82, 2.24) is 0 Å². The predicted molar refractivity (Wildman–Crippen MR) is 51.7 cm³/mol. The van der Waals surface area contributed by atoms with Gasteiger partial charge in [-0.2, -0.15) is 0 Å². The average molecular weight is 165 g/mol. The highest BCUT2D eigenvalue weighted by Crippen LogP contribution is 2.47. The van der Waals surface area contributed by atoms with E-state index in [1.54, 1.807) is 11.1 Å². The minimum atomic E-state index is 0.439. The molecule has 0 heterocycles. The Labute approximate surface area is 75.0 Å². The molecular weight excluding hydrogens is 146 g/mol. The van der Waals surface area contributed by atoms with E-state index in [0.29, 0.717) is 17.9 Å². The normalized spacial score (nSPS) is 47.0. The fraction of sp³-hybridized carbons (Fsp3) is 0.818. The van der Waals surface area contributed by atoms with Gasteiger partial charge in [-0.05, 0) is 44.4 Å². The van der Waals surface area contributed by atoms with E-state index < -0.39 is 0 Å². The summed E-state index contributed by atoms with van der Waals surface area (Å²) >= 11 is 0. The second kappa shape index (κ2) is 2.59. The summed E-state index contributed by atoms with van der Waals surface area (Å²) in [5.41, 5.74) is 9.40. The molecule has 0 amide bonds. The SMILES string of the molecule is CC1=C(C)[C@@H]2CC[C@H](C)[C@H]1[C@H]2N. The molecule has 2 rings (SSSR count). The highest BCUT2D eigenvalue weighted by molar-refractivity contribution is 5.29. The van der Waals surface area contributed by atoms with E-state index in [1.807, 2.05) is 0 Å². The molecule has 2 aliphatic carbocycles. The van der Waals surface area contributed by atoms with Gasteiger partial charge in [-0.15, -0.1) is 0 Å². The molecule has 68 valence electrons. The lowest BCUT2D eigenvalue weighted by molar-refractivity contribution is 0.235. The monoisotopic (exact) mass is 165 g/mol. The van der Waals surface area contributed by atoms with Crippen LogP contribution in [-0.4, -0.2) is 6.04 Å². The van der Waals surface area contributed by atoms with Crippen LogP contribution < -0.4 is 5.73 Å². The van der Waals surface area contributed by atoms with Crippen molar-refractivity contribution < 1.29 is 0 Å². The summed E-state index contributed by atoms with van der Waals surface area (Å²) in [6, 6.07) is 0.439. The van der Waals surface area contributed by atoms with Crippen LogP contribution in [0.4, 0.5) is 0 Å². The summed E-state index contributed by atoms with van der Waals surface area (Å²) in [6.45, 7) is 6.91. The maximum Gasteiger partial charge on any atom is 0.0173 e. The van der Waals surface area contributed by atoms with Gasteiger partial charge in [-0.1, -0.05) is 18.1 Å². The van der Waals surface area contributed by atoms with E-state index in [0.717, 1.165) is 5.92 Å². The second-order valence-corrected chi connectivity index (χ2v) is 4.63. The Balaban J connectivity index is 2.36. The van der Waals surface area contributed by atoms with Gasteiger partial charge in [0.15, 0.2) is 0 Å². The van der Waals surface area contributed by atoms with Crippen molar-refractivity contribution in [2.75, 3.05) is 0 Å². The number of hydrogen-bond acceptors (Lipinski definition) is 1. The summed E-state index contributed by atoms with van der Waals surface area (Å²) in [6.07, 6.45) is 2.69. The van der Waals surface area contributed by atoms with Gasteiger partial charge in [0, 0.05) is 6.04 Å². The van der Waals surface area contributed by atoms with Crippen LogP contribution in [0, 0.1) is 17.8 Å². The van der Waals surface area contributed by atoms with Gasteiger partial charge in [0.2, 0.25) is 0 Å². The Bertz CT molecular complexity index is 229.